The molecule has 1 aliphatic rings. The highest BCUT2D eigenvalue weighted by Gasteiger charge is 2.35. The van der Waals surface area contributed by atoms with Crippen LogP contribution in [0.25, 0.3) is 10.9 Å². The average molecular weight is 1090 g/mol. The first-order valence-corrected chi connectivity index (χ1v) is 27.5. The van der Waals surface area contributed by atoms with Crippen molar-refractivity contribution in [3.8, 4) is 0 Å². The molecule has 26 heteroatoms. The van der Waals surface area contributed by atoms with Crippen molar-refractivity contribution in [1.29, 1.82) is 0 Å². The van der Waals surface area contributed by atoms with Crippen LogP contribution < -0.4 is 59.7 Å². The summed E-state index contributed by atoms with van der Waals surface area (Å²) in [6.45, 7) is 4.88. The summed E-state index contributed by atoms with van der Waals surface area (Å²) in [4.78, 5) is 140. The molecule has 76 heavy (non-hydrogen) atoms. The molecule has 410 valence electrons. The fraction of sp³-hybridized carbons (Fsp3) is 0.460. The van der Waals surface area contributed by atoms with Gasteiger partial charge in [-0.2, -0.15) is 0 Å². The number of carbonyl (C=O) groups is 9. The van der Waals surface area contributed by atoms with Gasteiger partial charge in [0.05, 0.1) is 6.33 Å². The van der Waals surface area contributed by atoms with Crippen LogP contribution in [0.15, 0.2) is 78.3 Å². The SMILES string of the molecule is CCCC[C@H](NC(C)=O)C(=O)N[C@H]1CSSC[C@@H](C(N)=O)NC(=O)[C@H](Cc2c[nH]c3ccccc23)NC(=O)[C@H](CCCN=C(N)N)NC(=O)[C@@H](Cc2ccccc2)NC(=O)[C@H](Cc2cnc[nH]2)NC(=O)[C@@H](CC)NC1=O. The number of benzene rings is 2. The molecule has 0 bridgehead atoms. The predicted molar refractivity (Wildman–Crippen MR) is 289 cm³/mol. The minimum absolute atomic E-state index is 0.0243. The molecule has 0 radical (unpaired) electrons. The number of rotatable bonds is 18. The number of hydrogen-bond donors (Lipinski definition) is 13. The Kier molecular flexibility index (Phi) is 23.4. The molecular weight excluding hydrogens is 1020 g/mol. The number of para-hydroxylation sites is 1. The van der Waals surface area contributed by atoms with E-state index in [9.17, 15) is 43.2 Å². The second-order valence-electron chi connectivity index (χ2n) is 18.2. The number of nitrogens with two attached hydrogens (primary N) is 3. The van der Waals surface area contributed by atoms with Crippen LogP contribution in [-0.2, 0) is 62.4 Å². The zero-order valence-electron chi connectivity index (χ0n) is 42.6. The van der Waals surface area contributed by atoms with E-state index in [0.717, 1.165) is 32.5 Å². The Hall–Kier alpha value is -7.61. The van der Waals surface area contributed by atoms with Crippen molar-refractivity contribution in [2.45, 2.75) is 127 Å². The van der Waals surface area contributed by atoms with E-state index < -0.39 is 101 Å². The Morgan fingerprint density at radius 1 is 0.711 bits per heavy atom. The second-order valence-corrected chi connectivity index (χ2v) is 20.7. The number of nitrogens with one attached hydrogen (secondary N) is 10. The summed E-state index contributed by atoms with van der Waals surface area (Å²) in [5.74, 6) is -7.26. The highest BCUT2D eigenvalue weighted by atomic mass is 33.1. The summed E-state index contributed by atoms with van der Waals surface area (Å²) in [5.41, 5.74) is 19.5. The second kappa shape index (κ2) is 30.1. The normalized spacial score (nSPS) is 22.1. The van der Waals surface area contributed by atoms with Gasteiger partial charge < -0.3 is 69.7 Å². The summed E-state index contributed by atoms with van der Waals surface area (Å²) in [6, 6.07) is 5.71. The van der Waals surface area contributed by atoms with Gasteiger partial charge in [-0.25, -0.2) is 4.98 Å². The molecule has 0 unspecified atom stereocenters. The van der Waals surface area contributed by atoms with Crippen LogP contribution in [0.3, 0.4) is 0 Å². The van der Waals surface area contributed by atoms with E-state index in [-0.39, 0.29) is 69.0 Å². The number of imidazole rings is 1. The summed E-state index contributed by atoms with van der Waals surface area (Å²) in [5, 5.41) is 22.5. The zero-order valence-corrected chi connectivity index (χ0v) is 44.3. The van der Waals surface area contributed by atoms with Crippen molar-refractivity contribution in [3.63, 3.8) is 0 Å². The maximum atomic E-state index is 14.7. The first-order chi connectivity index (χ1) is 36.5. The predicted octanol–water partition coefficient (Wildman–Crippen LogP) is -0.649. The maximum Gasteiger partial charge on any atom is 0.244 e. The summed E-state index contributed by atoms with van der Waals surface area (Å²) in [6.07, 6.45) is 5.94. The topological polar surface area (TPSA) is 385 Å². The van der Waals surface area contributed by atoms with E-state index in [1.807, 2.05) is 31.2 Å². The van der Waals surface area contributed by atoms with Gasteiger partial charge in [0.15, 0.2) is 5.96 Å². The van der Waals surface area contributed by atoms with E-state index in [1.54, 1.807) is 43.5 Å². The fourth-order valence-electron chi connectivity index (χ4n) is 8.18. The van der Waals surface area contributed by atoms with Crippen molar-refractivity contribution in [1.82, 2.24) is 57.5 Å². The standard InChI is InChI=1S/C50H69N15O9S2/c1-4-6-16-35(58-28(3)66)44(69)65-41-26-76-75-25-40(42(51)67)64-47(72)38(21-30-23-56-34-17-11-10-15-32(30)34)62-45(70)36(18-12-19-55-50(52)53)60-46(71)37(20-29-13-8-7-9-14-29)61-48(73)39(22-31-24-54-27-57-31)63-43(68)33(5-2)59-49(41)74/h7-11,13-15,17,23-24,27,33,35-41,56H,4-6,12,16,18-22,25-26H2,1-3H3,(H2,51,67)(H,54,57)(H,58,66)(H,59,74)(H,60,71)(H,61,73)(H,62,70)(H,63,68)(H,64,72)(H,65,69)(H4,52,53,55)/t33-,35+,36+,37-,38+,39+,40+,41+/m1/s1. The summed E-state index contributed by atoms with van der Waals surface area (Å²) in [7, 11) is 2.10. The molecular formula is C50H69N15O9S2. The first kappa shape index (κ1) is 59.3. The molecule has 8 atom stereocenters. The molecule has 4 aromatic rings. The Labute approximate surface area is 447 Å². The number of H-pyrrole nitrogens is 2. The minimum atomic E-state index is -1.37. The molecule has 0 aliphatic carbocycles. The van der Waals surface area contributed by atoms with Crippen molar-refractivity contribution < 1.29 is 43.2 Å². The molecule has 2 aromatic carbocycles. The number of aliphatic imine (C=N–C) groups is 1. The Bertz CT molecular complexity index is 2650. The minimum Gasteiger partial charge on any atom is -0.370 e. The van der Waals surface area contributed by atoms with Crippen LogP contribution in [0, 0.1) is 0 Å². The molecule has 9 amide bonds. The number of amides is 9. The molecule has 0 spiro atoms. The lowest BCUT2D eigenvalue weighted by molar-refractivity contribution is -0.135. The van der Waals surface area contributed by atoms with Gasteiger partial charge in [0.1, 0.15) is 48.3 Å². The lowest BCUT2D eigenvalue weighted by Gasteiger charge is -2.28. The molecule has 24 nitrogen and oxygen atoms in total. The van der Waals surface area contributed by atoms with Gasteiger partial charge in [-0.05, 0) is 42.9 Å². The van der Waals surface area contributed by atoms with Crippen molar-refractivity contribution in [2.24, 2.45) is 22.2 Å². The van der Waals surface area contributed by atoms with Gasteiger partial charge in [0, 0.05) is 73.2 Å². The molecule has 1 aliphatic heterocycles. The van der Waals surface area contributed by atoms with E-state index in [2.05, 4.69) is 62.5 Å². The van der Waals surface area contributed by atoms with Gasteiger partial charge in [0.2, 0.25) is 53.2 Å². The monoisotopic (exact) mass is 1090 g/mol. The van der Waals surface area contributed by atoms with E-state index >= 15 is 0 Å². The number of unbranched alkanes of at least 4 members (excludes halogenated alkanes) is 1. The highest BCUT2D eigenvalue weighted by molar-refractivity contribution is 8.76. The Morgan fingerprint density at radius 3 is 1.96 bits per heavy atom. The lowest BCUT2D eigenvalue weighted by Crippen LogP contribution is -2.61. The number of nitrogens with zero attached hydrogens (tertiary/aromatic N) is 2. The van der Waals surface area contributed by atoms with Gasteiger partial charge in [-0.1, -0.05) is 96.8 Å². The molecule has 1 saturated heterocycles. The smallest absolute Gasteiger partial charge is 0.244 e. The van der Waals surface area contributed by atoms with Crippen LogP contribution in [0.4, 0.5) is 0 Å². The third-order valence-corrected chi connectivity index (χ3v) is 14.7. The maximum absolute atomic E-state index is 14.7. The lowest BCUT2D eigenvalue weighted by atomic mass is 10.0. The molecule has 3 heterocycles. The molecule has 16 N–H and O–H groups in total. The number of fused-ring (bicyclic) bond motifs is 1. The number of carbonyl (C=O) groups excluding carboxylic acids is 9. The van der Waals surface area contributed by atoms with Crippen LogP contribution >= 0.6 is 21.6 Å². The van der Waals surface area contributed by atoms with Crippen molar-refractivity contribution >= 4 is 91.6 Å². The molecule has 1 fully saturated rings. The van der Waals surface area contributed by atoms with E-state index in [1.165, 1.54) is 19.4 Å². The van der Waals surface area contributed by atoms with Crippen LogP contribution in [0.5, 0.6) is 0 Å². The number of aromatic amines is 2. The first-order valence-electron chi connectivity index (χ1n) is 25.0. The quantitative estimate of drug-likeness (QED) is 0.0255. The van der Waals surface area contributed by atoms with Crippen LogP contribution in [0.1, 0.15) is 76.1 Å². The summed E-state index contributed by atoms with van der Waals surface area (Å²) < 4.78 is 0. The van der Waals surface area contributed by atoms with Crippen molar-refractivity contribution in [2.75, 3.05) is 18.1 Å². The highest BCUT2D eigenvalue weighted by Crippen LogP contribution is 2.24. The summed E-state index contributed by atoms with van der Waals surface area (Å²) >= 11 is 0. The van der Waals surface area contributed by atoms with Crippen LogP contribution in [-0.4, -0.2) is 140 Å². The number of primary amides is 1. The fourth-order valence-corrected chi connectivity index (χ4v) is 10.5. The Morgan fingerprint density at radius 2 is 1.32 bits per heavy atom. The van der Waals surface area contributed by atoms with E-state index in [4.69, 9.17) is 17.2 Å². The van der Waals surface area contributed by atoms with E-state index in [0.29, 0.717) is 29.7 Å². The molecule has 0 saturated carbocycles. The van der Waals surface area contributed by atoms with Crippen LogP contribution in [0.2, 0.25) is 0 Å². The van der Waals surface area contributed by atoms with Crippen molar-refractivity contribution in [3.05, 3.63) is 90.1 Å². The van der Waals surface area contributed by atoms with Gasteiger partial charge >= 0.3 is 0 Å². The third kappa shape index (κ3) is 18.6. The number of hydrogen-bond acceptors (Lipinski definition) is 13. The van der Waals surface area contributed by atoms with Gasteiger partial charge in [-0.3, -0.25) is 48.1 Å². The number of guanidine groups is 1. The Balaban J connectivity index is 1.57. The molecule has 5 rings (SSSR count). The zero-order chi connectivity index (χ0) is 55.1. The van der Waals surface area contributed by atoms with Gasteiger partial charge in [0.25, 0.3) is 0 Å². The largest absolute Gasteiger partial charge is 0.370 e. The average Bonchev–Trinajstić information content (AvgIpc) is 4.07. The third-order valence-electron chi connectivity index (χ3n) is 12.3. The van der Waals surface area contributed by atoms with Gasteiger partial charge in [-0.15, -0.1) is 0 Å². The molecule has 2 aromatic heterocycles. The number of aromatic nitrogens is 3.